The molecule has 29 heavy (non-hydrogen) atoms. The first-order valence-electron chi connectivity index (χ1n) is 8.97. The van der Waals surface area contributed by atoms with Crippen LogP contribution in [0.2, 0.25) is 0 Å². The monoisotopic (exact) mass is 389 g/mol. The Labute approximate surface area is 166 Å². The van der Waals surface area contributed by atoms with Gasteiger partial charge in [-0.3, -0.25) is 4.52 Å². The summed E-state index contributed by atoms with van der Waals surface area (Å²) in [6, 6.07) is 15.3. The van der Waals surface area contributed by atoms with Gasteiger partial charge in [-0.2, -0.15) is 15.0 Å². The number of hydrogen-bond donors (Lipinski definition) is 2. The first-order valence-corrected chi connectivity index (χ1v) is 8.97. The maximum absolute atomic E-state index is 12.3. The Morgan fingerprint density at radius 3 is 2.48 bits per heavy atom. The zero-order chi connectivity index (χ0) is 20.4. The topological polar surface area (TPSA) is 125 Å². The molecule has 0 saturated carbocycles. The van der Waals surface area contributed by atoms with Gasteiger partial charge in [-0.25, -0.2) is 9.36 Å². The first-order chi connectivity index (χ1) is 14.0. The van der Waals surface area contributed by atoms with Gasteiger partial charge in [-0.05, 0) is 31.0 Å². The van der Waals surface area contributed by atoms with E-state index in [4.69, 9.17) is 10.3 Å². The van der Waals surface area contributed by atoms with E-state index in [0.29, 0.717) is 17.6 Å². The van der Waals surface area contributed by atoms with Crippen LogP contribution in [-0.4, -0.2) is 24.7 Å². The maximum Gasteiger partial charge on any atom is 0.442 e. The van der Waals surface area contributed by atoms with E-state index in [0.717, 1.165) is 22.4 Å². The molecule has 9 heteroatoms. The Morgan fingerprint density at radius 1 is 1.00 bits per heavy atom. The molecule has 0 spiro atoms. The summed E-state index contributed by atoms with van der Waals surface area (Å²) in [6.07, 6.45) is 0. The van der Waals surface area contributed by atoms with Gasteiger partial charge in [0.25, 0.3) is 0 Å². The van der Waals surface area contributed by atoms with Gasteiger partial charge in [-0.15, -0.1) is 0 Å². The zero-order valence-corrected chi connectivity index (χ0v) is 16.0. The van der Waals surface area contributed by atoms with Gasteiger partial charge in [0.1, 0.15) is 0 Å². The summed E-state index contributed by atoms with van der Waals surface area (Å²) in [7, 11) is 0. The second-order valence-corrected chi connectivity index (χ2v) is 6.55. The van der Waals surface area contributed by atoms with Crippen LogP contribution < -0.4 is 16.8 Å². The van der Waals surface area contributed by atoms with E-state index in [2.05, 4.69) is 25.4 Å². The Morgan fingerprint density at radius 2 is 1.72 bits per heavy atom. The highest BCUT2D eigenvalue weighted by atomic mass is 16.5. The highest BCUT2D eigenvalue weighted by molar-refractivity contribution is 5.60. The number of para-hydroxylation sites is 1. The molecule has 4 rings (SSSR count). The maximum atomic E-state index is 12.3. The third kappa shape index (κ3) is 3.84. The number of nitrogens with two attached hydrogens (primary N) is 1. The quantitative estimate of drug-likeness (QED) is 0.534. The summed E-state index contributed by atoms with van der Waals surface area (Å²) in [5.41, 5.74) is 9.50. The van der Waals surface area contributed by atoms with Crippen LogP contribution in [0, 0.1) is 13.8 Å². The molecule has 4 aromatic rings. The number of nitrogens with one attached hydrogen (secondary N) is 1. The summed E-state index contributed by atoms with van der Waals surface area (Å²) in [6.45, 7) is 3.95. The van der Waals surface area contributed by atoms with E-state index >= 15 is 0 Å². The van der Waals surface area contributed by atoms with Crippen LogP contribution in [0.25, 0.3) is 11.4 Å². The molecule has 3 N–H and O–H groups in total. The molecule has 0 unspecified atom stereocenters. The van der Waals surface area contributed by atoms with Crippen LogP contribution in [0.3, 0.4) is 0 Å². The van der Waals surface area contributed by atoms with E-state index in [1.807, 2.05) is 62.4 Å². The van der Waals surface area contributed by atoms with Crippen molar-refractivity contribution in [1.82, 2.24) is 24.7 Å². The largest absolute Gasteiger partial charge is 0.442 e. The second-order valence-electron chi connectivity index (χ2n) is 6.55. The molecule has 2 aromatic heterocycles. The fraction of sp³-hybridized carbons (Fsp3) is 0.150. The van der Waals surface area contributed by atoms with Crippen LogP contribution in [0.15, 0.2) is 57.8 Å². The van der Waals surface area contributed by atoms with Gasteiger partial charge >= 0.3 is 5.76 Å². The lowest BCUT2D eigenvalue weighted by atomic mass is 10.1. The first kappa shape index (κ1) is 18.4. The van der Waals surface area contributed by atoms with E-state index in [1.165, 1.54) is 4.57 Å². The van der Waals surface area contributed by atoms with Crippen molar-refractivity contribution in [3.05, 3.63) is 76.0 Å². The molecular formula is C20H19N7O2. The highest BCUT2D eigenvalue weighted by Gasteiger charge is 2.17. The molecule has 0 aliphatic rings. The molecule has 2 heterocycles. The van der Waals surface area contributed by atoms with Crippen LogP contribution in [0.5, 0.6) is 0 Å². The lowest BCUT2D eigenvalue weighted by molar-refractivity contribution is 0.377. The molecule has 0 bridgehead atoms. The summed E-state index contributed by atoms with van der Waals surface area (Å²) >= 11 is 0. The standard InChI is InChI=1S/C20H19N7O2/c1-12-7-3-5-9-14(12)17-26-29-20(28)27(17)11-16-23-18(21)25-19(24-16)22-15-10-6-4-8-13(15)2/h3-10H,11H2,1-2H3,(H3,21,22,23,24,25). The smallest absolute Gasteiger partial charge is 0.368 e. The van der Waals surface area contributed by atoms with Crippen LogP contribution in [-0.2, 0) is 6.54 Å². The Hall–Kier alpha value is -4.01. The number of benzene rings is 2. The molecule has 0 amide bonds. The minimum atomic E-state index is -0.601. The Kier molecular flexibility index (Phi) is 4.78. The zero-order valence-electron chi connectivity index (χ0n) is 16.0. The van der Waals surface area contributed by atoms with Crippen molar-refractivity contribution in [1.29, 1.82) is 0 Å². The predicted molar refractivity (Wildman–Crippen MR) is 109 cm³/mol. The predicted octanol–water partition coefficient (Wildman–Crippen LogP) is 2.68. The van der Waals surface area contributed by atoms with Gasteiger partial charge in [0.2, 0.25) is 11.9 Å². The minimum Gasteiger partial charge on any atom is -0.368 e. The molecule has 0 fully saturated rings. The fourth-order valence-corrected chi connectivity index (χ4v) is 2.96. The van der Waals surface area contributed by atoms with Crippen molar-refractivity contribution in [2.75, 3.05) is 11.1 Å². The third-order valence-corrected chi connectivity index (χ3v) is 4.46. The van der Waals surface area contributed by atoms with Crippen molar-refractivity contribution in [2.24, 2.45) is 0 Å². The molecule has 0 radical (unpaired) electrons. The van der Waals surface area contributed by atoms with E-state index < -0.39 is 5.76 Å². The average Bonchev–Trinajstić information content (AvgIpc) is 3.04. The van der Waals surface area contributed by atoms with Gasteiger partial charge in [0.15, 0.2) is 11.6 Å². The van der Waals surface area contributed by atoms with Gasteiger partial charge in [-0.1, -0.05) is 47.6 Å². The molecular weight excluding hydrogens is 370 g/mol. The van der Waals surface area contributed by atoms with Crippen molar-refractivity contribution < 1.29 is 4.52 Å². The SMILES string of the molecule is Cc1ccccc1Nc1nc(N)nc(Cn2c(-c3ccccc3C)noc2=O)n1. The summed E-state index contributed by atoms with van der Waals surface area (Å²) in [4.78, 5) is 24.9. The Balaban J connectivity index is 1.69. The van der Waals surface area contributed by atoms with Crippen molar-refractivity contribution in [3.63, 3.8) is 0 Å². The van der Waals surface area contributed by atoms with Gasteiger partial charge in [0.05, 0.1) is 6.54 Å². The number of aromatic nitrogens is 5. The molecule has 0 saturated heterocycles. The number of hydrogen-bond acceptors (Lipinski definition) is 8. The van der Waals surface area contributed by atoms with Crippen molar-refractivity contribution in [2.45, 2.75) is 20.4 Å². The molecule has 0 aliphatic carbocycles. The number of nitrogens with zero attached hydrogens (tertiary/aromatic N) is 5. The van der Waals surface area contributed by atoms with Crippen LogP contribution in [0.4, 0.5) is 17.6 Å². The number of nitrogen functional groups attached to an aromatic ring is 1. The highest BCUT2D eigenvalue weighted by Crippen LogP contribution is 2.21. The lowest BCUT2D eigenvalue weighted by Crippen LogP contribution is -2.19. The molecule has 0 atom stereocenters. The van der Waals surface area contributed by atoms with Crippen LogP contribution >= 0.6 is 0 Å². The summed E-state index contributed by atoms with van der Waals surface area (Å²) < 4.78 is 6.26. The fourth-order valence-electron chi connectivity index (χ4n) is 2.96. The number of rotatable bonds is 5. The summed E-state index contributed by atoms with van der Waals surface area (Å²) in [5.74, 6) is 0.460. The van der Waals surface area contributed by atoms with Gasteiger partial charge < -0.3 is 11.1 Å². The molecule has 9 nitrogen and oxygen atoms in total. The third-order valence-electron chi connectivity index (χ3n) is 4.46. The lowest BCUT2D eigenvalue weighted by Gasteiger charge is -2.10. The van der Waals surface area contributed by atoms with Crippen LogP contribution in [0.1, 0.15) is 17.0 Å². The normalized spacial score (nSPS) is 10.8. The minimum absolute atomic E-state index is 0.0428. The summed E-state index contributed by atoms with van der Waals surface area (Å²) in [5, 5.41) is 7.06. The molecule has 0 aliphatic heterocycles. The van der Waals surface area contributed by atoms with Gasteiger partial charge in [0, 0.05) is 11.3 Å². The average molecular weight is 389 g/mol. The Bertz CT molecular complexity index is 1230. The van der Waals surface area contributed by atoms with Crippen molar-refractivity contribution in [3.8, 4) is 11.4 Å². The van der Waals surface area contributed by atoms with E-state index in [9.17, 15) is 4.79 Å². The van der Waals surface area contributed by atoms with E-state index in [-0.39, 0.29) is 12.5 Å². The van der Waals surface area contributed by atoms with Crippen molar-refractivity contribution >= 4 is 17.6 Å². The molecule has 146 valence electrons. The number of anilines is 3. The number of aryl methyl sites for hydroxylation is 2. The second kappa shape index (κ2) is 7.55. The van der Waals surface area contributed by atoms with E-state index in [1.54, 1.807) is 0 Å². The molecule has 2 aromatic carbocycles.